The van der Waals surface area contributed by atoms with Crippen LogP contribution in [0.2, 0.25) is 0 Å². The van der Waals surface area contributed by atoms with Crippen LogP contribution < -0.4 is 21.5 Å². The van der Waals surface area contributed by atoms with Gasteiger partial charge in [-0.25, -0.2) is 0 Å². The lowest BCUT2D eigenvalue weighted by molar-refractivity contribution is -0.114. The molecule has 0 spiro atoms. The first-order valence-corrected chi connectivity index (χ1v) is 11.0. The van der Waals surface area contributed by atoms with Crippen LogP contribution in [0.1, 0.15) is 43.7 Å². The van der Waals surface area contributed by atoms with E-state index in [0.717, 1.165) is 12.8 Å². The second-order valence-electron chi connectivity index (χ2n) is 8.41. The molecule has 1 atom stereocenters. The Kier molecular flexibility index (Phi) is 7.57. The molecule has 8 heteroatoms. The largest absolute Gasteiger partial charge is 0.457 e. The van der Waals surface area contributed by atoms with Crippen LogP contribution in [0.25, 0.3) is 0 Å². The molecule has 172 valence electrons. The SMILES string of the molecule is CC(C)c1ccc(Oc2cccc(C(=N)/C(C(N)=O)=C(/N)NC3CCCN(C#N)C3)c2)cc1. The minimum Gasteiger partial charge on any atom is -0.457 e. The molecule has 0 bridgehead atoms. The molecule has 1 aliphatic heterocycles. The number of nitriles is 1. The highest BCUT2D eigenvalue weighted by Crippen LogP contribution is 2.25. The number of piperidine rings is 1. The summed E-state index contributed by atoms with van der Waals surface area (Å²) in [6.07, 6.45) is 3.77. The highest BCUT2D eigenvalue weighted by atomic mass is 16.5. The molecule has 2 aromatic rings. The van der Waals surface area contributed by atoms with Crippen molar-refractivity contribution in [3.05, 3.63) is 71.1 Å². The summed E-state index contributed by atoms with van der Waals surface area (Å²) in [4.78, 5) is 13.8. The Hall–Kier alpha value is -3.99. The van der Waals surface area contributed by atoms with Gasteiger partial charge in [0.05, 0.1) is 5.71 Å². The fourth-order valence-electron chi connectivity index (χ4n) is 3.78. The van der Waals surface area contributed by atoms with E-state index in [0.29, 0.717) is 36.1 Å². The van der Waals surface area contributed by atoms with Gasteiger partial charge in [-0.15, -0.1) is 0 Å². The van der Waals surface area contributed by atoms with Crippen LogP contribution in [0, 0.1) is 16.9 Å². The number of hydrogen-bond donors (Lipinski definition) is 4. The first kappa shape index (κ1) is 23.7. The van der Waals surface area contributed by atoms with E-state index in [9.17, 15) is 4.79 Å². The van der Waals surface area contributed by atoms with Crippen LogP contribution in [0.3, 0.4) is 0 Å². The van der Waals surface area contributed by atoms with Crippen molar-refractivity contribution in [3.63, 3.8) is 0 Å². The summed E-state index contributed by atoms with van der Waals surface area (Å²) in [5.41, 5.74) is 13.2. The van der Waals surface area contributed by atoms with Crippen molar-refractivity contribution >= 4 is 11.6 Å². The van der Waals surface area contributed by atoms with E-state index in [1.165, 1.54) is 5.56 Å². The van der Waals surface area contributed by atoms with Gasteiger partial charge in [0.25, 0.3) is 5.91 Å². The van der Waals surface area contributed by atoms with E-state index in [1.807, 2.05) is 24.3 Å². The van der Waals surface area contributed by atoms with Crippen LogP contribution >= 0.6 is 0 Å². The predicted octanol–water partition coefficient (Wildman–Crippen LogP) is 3.16. The molecule has 6 N–H and O–H groups in total. The van der Waals surface area contributed by atoms with E-state index < -0.39 is 5.91 Å². The maximum absolute atomic E-state index is 12.2. The molecule has 1 aliphatic rings. The molecule has 2 aromatic carbocycles. The highest BCUT2D eigenvalue weighted by Gasteiger charge is 2.23. The Balaban J connectivity index is 1.79. The third-order valence-electron chi connectivity index (χ3n) is 5.59. The van der Waals surface area contributed by atoms with E-state index in [2.05, 4.69) is 25.4 Å². The molecule has 1 amide bonds. The molecule has 0 aromatic heterocycles. The number of hydrogen-bond acceptors (Lipinski definition) is 7. The maximum atomic E-state index is 12.2. The van der Waals surface area contributed by atoms with Gasteiger partial charge in [0.15, 0.2) is 6.19 Å². The quantitative estimate of drug-likeness (QED) is 0.279. The number of benzene rings is 2. The number of carbonyl (C=O) groups is 1. The monoisotopic (exact) mass is 446 g/mol. The normalized spacial score (nSPS) is 16.5. The number of nitrogens with zero attached hydrogens (tertiary/aromatic N) is 2. The minimum atomic E-state index is -0.798. The molecule has 1 unspecified atom stereocenters. The summed E-state index contributed by atoms with van der Waals surface area (Å²) in [6.45, 7) is 5.44. The van der Waals surface area contributed by atoms with E-state index in [-0.39, 0.29) is 23.1 Å². The second-order valence-corrected chi connectivity index (χ2v) is 8.41. The molecule has 1 fully saturated rings. The smallest absolute Gasteiger partial charge is 0.254 e. The van der Waals surface area contributed by atoms with Crippen LogP contribution in [0.15, 0.2) is 59.9 Å². The molecule has 0 radical (unpaired) electrons. The Bertz CT molecular complexity index is 1080. The fraction of sp³-hybridized carbons (Fsp3) is 0.320. The number of primary amides is 1. The lowest BCUT2D eigenvalue weighted by Gasteiger charge is -2.30. The van der Waals surface area contributed by atoms with Gasteiger partial charge in [0, 0.05) is 24.7 Å². The third-order valence-corrected chi connectivity index (χ3v) is 5.59. The molecule has 3 rings (SSSR count). The van der Waals surface area contributed by atoms with Crippen molar-refractivity contribution in [3.8, 4) is 17.7 Å². The van der Waals surface area contributed by atoms with Gasteiger partial charge in [0.2, 0.25) is 0 Å². The summed E-state index contributed by atoms with van der Waals surface area (Å²) in [5, 5.41) is 20.8. The second kappa shape index (κ2) is 10.6. The van der Waals surface area contributed by atoms with Gasteiger partial charge >= 0.3 is 0 Å². The average molecular weight is 447 g/mol. The lowest BCUT2D eigenvalue weighted by Crippen LogP contribution is -2.46. The topological polar surface area (TPSA) is 141 Å². The number of likely N-dealkylation sites (tertiary alicyclic amines) is 1. The Morgan fingerprint density at radius 3 is 2.58 bits per heavy atom. The summed E-state index contributed by atoms with van der Waals surface area (Å²) >= 11 is 0. The number of ether oxygens (including phenoxy) is 1. The number of rotatable bonds is 8. The highest BCUT2D eigenvalue weighted by molar-refractivity contribution is 6.26. The molecule has 0 aliphatic carbocycles. The van der Waals surface area contributed by atoms with Crippen molar-refractivity contribution < 1.29 is 9.53 Å². The molecule has 33 heavy (non-hydrogen) atoms. The summed E-state index contributed by atoms with van der Waals surface area (Å²) in [5.74, 6) is 0.870. The maximum Gasteiger partial charge on any atom is 0.254 e. The van der Waals surface area contributed by atoms with E-state index in [1.54, 1.807) is 29.2 Å². The zero-order chi connectivity index (χ0) is 24.0. The van der Waals surface area contributed by atoms with Crippen LogP contribution in [-0.2, 0) is 4.79 Å². The summed E-state index contributed by atoms with van der Waals surface area (Å²) < 4.78 is 5.94. The zero-order valence-corrected chi connectivity index (χ0v) is 19.0. The van der Waals surface area contributed by atoms with Crippen molar-refractivity contribution in [1.29, 1.82) is 10.7 Å². The molecule has 1 heterocycles. The van der Waals surface area contributed by atoms with Gasteiger partial charge in [-0.1, -0.05) is 38.1 Å². The van der Waals surface area contributed by atoms with E-state index >= 15 is 0 Å². The van der Waals surface area contributed by atoms with Gasteiger partial charge in [-0.3, -0.25) is 10.2 Å². The lowest BCUT2D eigenvalue weighted by atomic mass is 10.0. The van der Waals surface area contributed by atoms with Crippen LogP contribution in [0.5, 0.6) is 11.5 Å². The Morgan fingerprint density at radius 1 is 1.21 bits per heavy atom. The number of amides is 1. The van der Waals surface area contributed by atoms with Gasteiger partial charge < -0.3 is 26.4 Å². The Morgan fingerprint density at radius 2 is 1.94 bits per heavy atom. The minimum absolute atomic E-state index is 0.0351. The summed E-state index contributed by atoms with van der Waals surface area (Å²) in [7, 11) is 0. The first-order chi connectivity index (χ1) is 15.8. The van der Waals surface area contributed by atoms with Crippen molar-refractivity contribution in [2.24, 2.45) is 11.5 Å². The van der Waals surface area contributed by atoms with Gasteiger partial charge in [0.1, 0.15) is 22.9 Å². The number of nitrogens with one attached hydrogen (secondary N) is 2. The molecule has 0 saturated carbocycles. The third kappa shape index (κ3) is 6.04. The Labute approximate surface area is 194 Å². The van der Waals surface area contributed by atoms with E-state index in [4.69, 9.17) is 26.9 Å². The molecular weight excluding hydrogens is 416 g/mol. The first-order valence-electron chi connectivity index (χ1n) is 11.0. The van der Waals surface area contributed by atoms with Crippen molar-refractivity contribution in [2.45, 2.75) is 38.6 Å². The van der Waals surface area contributed by atoms with Crippen molar-refractivity contribution in [1.82, 2.24) is 10.2 Å². The van der Waals surface area contributed by atoms with Crippen LogP contribution in [-0.4, -0.2) is 35.7 Å². The molecule has 8 nitrogen and oxygen atoms in total. The van der Waals surface area contributed by atoms with Crippen LogP contribution in [0.4, 0.5) is 0 Å². The van der Waals surface area contributed by atoms with Crippen molar-refractivity contribution in [2.75, 3.05) is 13.1 Å². The summed E-state index contributed by atoms with van der Waals surface area (Å²) in [6, 6.07) is 14.6. The molecule has 1 saturated heterocycles. The number of carbonyl (C=O) groups excluding carboxylic acids is 1. The van der Waals surface area contributed by atoms with Gasteiger partial charge in [-0.2, -0.15) is 5.26 Å². The zero-order valence-electron chi connectivity index (χ0n) is 19.0. The molecular formula is C25H30N6O2. The average Bonchev–Trinajstić information content (AvgIpc) is 2.79. The fourth-order valence-corrected chi connectivity index (χ4v) is 3.78. The standard InChI is InChI=1S/C25H30N6O2/c1-16(2)17-8-10-20(11-9-17)33-21-7-3-5-18(13-21)23(27)22(25(29)32)24(28)30-19-6-4-12-31(14-19)15-26/h3,5,7-11,13,16,19,27,30H,4,6,12,14,28H2,1-2H3,(H2,29,32)/b24-22+,27-23?. The number of nitrogens with two attached hydrogens (primary N) is 2. The predicted molar refractivity (Wildman–Crippen MR) is 128 cm³/mol. The van der Waals surface area contributed by atoms with Gasteiger partial charge in [-0.05, 0) is 48.6 Å².